The molecule has 0 fully saturated rings. The maximum atomic E-state index is 11.9. The van der Waals surface area contributed by atoms with E-state index in [-0.39, 0.29) is 5.03 Å². The van der Waals surface area contributed by atoms with Gasteiger partial charge in [-0.05, 0) is 18.2 Å². The lowest BCUT2D eigenvalue weighted by Gasteiger charge is -2.05. The highest BCUT2D eigenvalue weighted by Gasteiger charge is 2.16. The van der Waals surface area contributed by atoms with Crippen LogP contribution in [0.15, 0.2) is 41.8 Å². The highest BCUT2D eigenvalue weighted by atomic mass is 32.2. The number of nitrogens with two attached hydrogens (primary N) is 1. The fraction of sp³-hybridized carbons (Fsp3) is 0.100. The van der Waals surface area contributed by atoms with Crippen LogP contribution in [0, 0.1) is 0 Å². The number of hydrogen-bond acceptors (Lipinski definition) is 4. The number of nitrogens with one attached hydrogen (secondary N) is 1. The molecule has 0 saturated carbocycles. The van der Waals surface area contributed by atoms with Gasteiger partial charge in [-0.25, -0.2) is 4.98 Å². The van der Waals surface area contributed by atoms with Crippen molar-refractivity contribution in [2.24, 2.45) is 7.05 Å². The number of aromatic nitrogens is 2. The van der Waals surface area contributed by atoms with E-state index in [1.807, 2.05) is 0 Å². The molecular formula is C10H12N4O2S. The van der Waals surface area contributed by atoms with Crippen molar-refractivity contribution in [3.63, 3.8) is 0 Å². The molecule has 2 aromatic rings. The van der Waals surface area contributed by atoms with Crippen molar-refractivity contribution < 1.29 is 8.42 Å². The lowest BCUT2D eigenvalue weighted by atomic mass is 10.3. The van der Waals surface area contributed by atoms with Crippen LogP contribution in [0.2, 0.25) is 0 Å². The Morgan fingerprint density at radius 2 is 2.18 bits per heavy atom. The molecule has 1 aromatic heterocycles. The van der Waals surface area contributed by atoms with Gasteiger partial charge in [0.15, 0.2) is 5.03 Å². The molecule has 6 nitrogen and oxygen atoms in total. The number of anilines is 2. The van der Waals surface area contributed by atoms with Crippen molar-refractivity contribution in [3.05, 3.63) is 36.8 Å². The van der Waals surface area contributed by atoms with Gasteiger partial charge in [0.05, 0.1) is 12.0 Å². The molecule has 2 rings (SSSR count). The molecule has 0 aliphatic heterocycles. The third kappa shape index (κ3) is 2.56. The Kier molecular flexibility index (Phi) is 2.76. The number of imidazole rings is 1. The van der Waals surface area contributed by atoms with Gasteiger partial charge in [-0.1, -0.05) is 6.07 Å². The third-order valence-electron chi connectivity index (χ3n) is 2.10. The third-order valence-corrected chi connectivity index (χ3v) is 3.36. The Bertz CT molecular complexity index is 633. The molecule has 0 amide bonds. The monoisotopic (exact) mass is 252 g/mol. The first kappa shape index (κ1) is 11.5. The van der Waals surface area contributed by atoms with Gasteiger partial charge in [0.1, 0.15) is 0 Å². The Morgan fingerprint density at radius 1 is 1.41 bits per heavy atom. The average Bonchev–Trinajstić information content (AvgIpc) is 2.65. The van der Waals surface area contributed by atoms with E-state index in [1.165, 1.54) is 12.5 Å². The first-order chi connectivity index (χ1) is 7.97. The van der Waals surface area contributed by atoms with Crippen LogP contribution in [0.5, 0.6) is 0 Å². The predicted octanol–water partition coefficient (Wildman–Crippen LogP) is 0.803. The van der Waals surface area contributed by atoms with Crippen molar-refractivity contribution in [1.82, 2.24) is 9.55 Å². The Hall–Kier alpha value is -2.02. The molecule has 0 unspecified atom stereocenters. The van der Waals surface area contributed by atoms with Crippen LogP contribution in [0.1, 0.15) is 0 Å². The van der Waals surface area contributed by atoms with Crippen LogP contribution >= 0.6 is 0 Å². The Morgan fingerprint density at radius 3 is 2.76 bits per heavy atom. The smallest absolute Gasteiger partial charge is 0.280 e. The quantitative estimate of drug-likeness (QED) is 0.791. The predicted molar refractivity (Wildman–Crippen MR) is 64.9 cm³/mol. The van der Waals surface area contributed by atoms with Crippen molar-refractivity contribution in [2.75, 3.05) is 10.5 Å². The van der Waals surface area contributed by atoms with Gasteiger partial charge in [0.25, 0.3) is 10.0 Å². The maximum Gasteiger partial charge on any atom is 0.280 e. The number of nitrogen functional groups attached to an aromatic ring is 1. The Labute approximate surface area is 99.1 Å². The SMILES string of the molecule is Cn1cnc(S(=O)(=O)Nc2cccc(N)c2)c1. The topological polar surface area (TPSA) is 90.0 Å². The normalized spacial score (nSPS) is 11.4. The fourth-order valence-electron chi connectivity index (χ4n) is 1.34. The first-order valence-corrected chi connectivity index (χ1v) is 6.32. The lowest BCUT2D eigenvalue weighted by molar-refractivity contribution is 0.598. The summed E-state index contributed by atoms with van der Waals surface area (Å²) in [5.41, 5.74) is 6.47. The number of aryl methyl sites for hydroxylation is 1. The Balaban J connectivity index is 2.29. The molecule has 0 radical (unpaired) electrons. The first-order valence-electron chi connectivity index (χ1n) is 4.84. The molecule has 0 spiro atoms. The second kappa shape index (κ2) is 4.10. The molecular weight excluding hydrogens is 240 g/mol. The van der Waals surface area contributed by atoms with Crippen LogP contribution < -0.4 is 10.5 Å². The molecule has 90 valence electrons. The summed E-state index contributed by atoms with van der Waals surface area (Å²) in [7, 11) is -1.95. The molecule has 0 aliphatic carbocycles. The largest absolute Gasteiger partial charge is 0.399 e. The van der Waals surface area contributed by atoms with E-state index < -0.39 is 10.0 Å². The van der Waals surface area contributed by atoms with E-state index in [4.69, 9.17) is 5.73 Å². The van der Waals surface area contributed by atoms with Crippen LogP contribution in [-0.4, -0.2) is 18.0 Å². The van der Waals surface area contributed by atoms with Crippen molar-refractivity contribution in [1.29, 1.82) is 0 Å². The summed E-state index contributed by atoms with van der Waals surface area (Å²) in [6.07, 6.45) is 2.85. The lowest BCUT2D eigenvalue weighted by Crippen LogP contribution is -2.13. The van der Waals surface area contributed by atoms with E-state index >= 15 is 0 Å². The van der Waals surface area contributed by atoms with Crippen LogP contribution in [0.25, 0.3) is 0 Å². The second-order valence-corrected chi connectivity index (χ2v) is 5.24. The minimum atomic E-state index is -3.65. The summed E-state index contributed by atoms with van der Waals surface area (Å²) < 4.78 is 27.8. The zero-order valence-corrected chi connectivity index (χ0v) is 9.98. The van der Waals surface area contributed by atoms with Crippen LogP contribution in [0.3, 0.4) is 0 Å². The van der Waals surface area contributed by atoms with Gasteiger partial charge in [-0.2, -0.15) is 8.42 Å². The fourth-order valence-corrected chi connectivity index (χ4v) is 2.37. The van der Waals surface area contributed by atoms with Gasteiger partial charge in [0.2, 0.25) is 0 Å². The van der Waals surface area contributed by atoms with E-state index in [0.717, 1.165) is 0 Å². The minimum Gasteiger partial charge on any atom is -0.399 e. The summed E-state index contributed by atoms with van der Waals surface area (Å²) in [5, 5.41) is -0.0255. The molecule has 3 N–H and O–H groups in total. The van der Waals surface area contributed by atoms with E-state index in [9.17, 15) is 8.42 Å². The van der Waals surface area contributed by atoms with Gasteiger partial charge >= 0.3 is 0 Å². The molecule has 1 aromatic carbocycles. The molecule has 17 heavy (non-hydrogen) atoms. The highest BCUT2D eigenvalue weighted by molar-refractivity contribution is 7.92. The van der Waals surface area contributed by atoms with Crippen LogP contribution in [-0.2, 0) is 17.1 Å². The molecule has 1 heterocycles. The van der Waals surface area contributed by atoms with Crippen molar-refractivity contribution in [3.8, 4) is 0 Å². The summed E-state index contributed by atoms with van der Waals surface area (Å²) in [4.78, 5) is 3.79. The highest BCUT2D eigenvalue weighted by Crippen LogP contribution is 2.16. The number of nitrogens with zero attached hydrogens (tertiary/aromatic N) is 2. The zero-order valence-electron chi connectivity index (χ0n) is 9.16. The van der Waals surface area contributed by atoms with E-state index in [2.05, 4.69) is 9.71 Å². The van der Waals surface area contributed by atoms with Gasteiger partial charge in [-0.3, -0.25) is 4.72 Å². The summed E-state index contributed by atoms with van der Waals surface area (Å²) in [5.74, 6) is 0. The summed E-state index contributed by atoms with van der Waals surface area (Å²) in [6, 6.07) is 6.52. The maximum absolute atomic E-state index is 11.9. The molecule has 0 bridgehead atoms. The van der Waals surface area contributed by atoms with Gasteiger partial charge < -0.3 is 10.3 Å². The van der Waals surface area contributed by atoms with E-state index in [1.54, 1.807) is 35.9 Å². The molecule has 0 saturated heterocycles. The molecule has 0 aliphatic rings. The van der Waals surface area contributed by atoms with Gasteiger partial charge in [0, 0.05) is 18.9 Å². The van der Waals surface area contributed by atoms with Gasteiger partial charge in [-0.15, -0.1) is 0 Å². The average molecular weight is 252 g/mol. The number of hydrogen-bond donors (Lipinski definition) is 2. The van der Waals surface area contributed by atoms with Crippen molar-refractivity contribution in [2.45, 2.75) is 5.03 Å². The summed E-state index contributed by atoms with van der Waals surface area (Å²) in [6.45, 7) is 0. The number of benzene rings is 1. The summed E-state index contributed by atoms with van der Waals surface area (Å²) >= 11 is 0. The van der Waals surface area contributed by atoms with Crippen LogP contribution in [0.4, 0.5) is 11.4 Å². The van der Waals surface area contributed by atoms with Crippen molar-refractivity contribution >= 4 is 21.4 Å². The number of sulfonamides is 1. The van der Waals surface area contributed by atoms with E-state index in [0.29, 0.717) is 11.4 Å². The minimum absolute atomic E-state index is 0.0255. The standard InChI is InChI=1S/C10H12N4O2S/c1-14-6-10(12-7-14)17(15,16)13-9-4-2-3-8(11)5-9/h2-7,13H,11H2,1H3. The number of rotatable bonds is 3. The molecule has 7 heteroatoms. The zero-order chi connectivity index (χ0) is 12.5. The molecule has 0 atom stereocenters. The second-order valence-electron chi connectivity index (χ2n) is 3.61.